The Morgan fingerprint density at radius 1 is 0.956 bits per heavy atom. The molecular weight excluding hydrogens is 572 g/mol. The van der Waals surface area contributed by atoms with E-state index in [9.17, 15) is 19.5 Å². The number of aliphatic hydroxyl groups is 1. The summed E-state index contributed by atoms with van der Waals surface area (Å²) in [5.41, 5.74) is 1.17. The maximum absolute atomic E-state index is 14.6. The lowest BCUT2D eigenvalue weighted by atomic mass is 9.66. The third-order valence-electron chi connectivity index (χ3n) is 9.80. The molecule has 0 saturated carbocycles. The van der Waals surface area contributed by atoms with Crippen LogP contribution < -0.4 is 10.6 Å². The molecule has 11 heteroatoms. The highest BCUT2D eigenvalue weighted by molar-refractivity contribution is 5.99. The van der Waals surface area contributed by atoms with Crippen LogP contribution in [-0.4, -0.2) is 72.6 Å². The van der Waals surface area contributed by atoms with E-state index < -0.39 is 41.0 Å². The zero-order valence-electron chi connectivity index (χ0n) is 25.0. The van der Waals surface area contributed by atoms with E-state index in [0.717, 1.165) is 16.6 Å². The van der Waals surface area contributed by atoms with Crippen molar-refractivity contribution < 1.29 is 24.2 Å². The van der Waals surface area contributed by atoms with Gasteiger partial charge in [0.25, 0.3) is 0 Å². The lowest BCUT2D eigenvalue weighted by molar-refractivity contribution is -0.149. The fourth-order valence-electron chi connectivity index (χ4n) is 7.77. The standard InChI is InChI=1S/C34H36N6O5/c1-33-16-17-34(45-33)28(27(33)30(42)35-19-23-12-6-3-7-13-23)32(44)40(24(20-41)18-22-10-4-2-5-11-22)29(34)31(43)36-21-39-26-15-9-8-14-25(26)37-38-39/h2-15,24,27-29,41H,16-21H2,1H3,(H,35,42)(H,36,43)/t24-,27+,28+,29?,33-,34?/m1/s1. The Labute approximate surface area is 260 Å². The third kappa shape index (κ3) is 4.87. The third-order valence-corrected chi connectivity index (χ3v) is 9.80. The molecule has 4 heterocycles. The van der Waals surface area contributed by atoms with Crippen molar-refractivity contribution in [3.63, 3.8) is 0 Å². The molecule has 0 radical (unpaired) electrons. The van der Waals surface area contributed by atoms with E-state index in [0.29, 0.717) is 31.3 Å². The van der Waals surface area contributed by atoms with Gasteiger partial charge in [0, 0.05) is 6.54 Å². The van der Waals surface area contributed by atoms with Crippen molar-refractivity contribution in [1.29, 1.82) is 0 Å². The summed E-state index contributed by atoms with van der Waals surface area (Å²) in [6.45, 7) is 1.85. The number of carbonyl (C=O) groups is 3. The number of amides is 3. The Balaban J connectivity index is 1.22. The Morgan fingerprint density at radius 3 is 2.38 bits per heavy atom. The van der Waals surface area contributed by atoms with Crippen LogP contribution in [0.5, 0.6) is 0 Å². The minimum atomic E-state index is -1.22. The molecule has 232 valence electrons. The van der Waals surface area contributed by atoms with Gasteiger partial charge in [-0.3, -0.25) is 14.4 Å². The zero-order valence-corrected chi connectivity index (χ0v) is 25.0. The number of rotatable bonds is 10. The minimum absolute atomic E-state index is 0.0271. The number of aromatic nitrogens is 3. The molecule has 2 unspecified atom stereocenters. The largest absolute Gasteiger partial charge is 0.394 e. The summed E-state index contributed by atoms with van der Waals surface area (Å²) in [5.74, 6) is -2.72. The average Bonchev–Trinajstić information content (AvgIpc) is 3.77. The highest BCUT2D eigenvalue weighted by atomic mass is 16.5. The number of hydrogen-bond acceptors (Lipinski definition) is 7. The van der Waals surface area contributed by atoms with Crippen LogP contribution in [0.15, 0.2) is 84.9 Å². The molecule has 3 amide bonds. The molecule has 3 fully saturated rings. The second kappa shape index (κ2) is 11.4. The summed E-state index contributed by atoms with van der Waals surface area (Å²) < 4.78 is 8.33. The van der Waals surface area contributed by atoms with Crippen LogP contribution in [0.2, 0.25) is 0 Å². The fraction of sp³-hybridized carbons (Fsp3) is 0.382. The van der Waals surface area contributed by atoms with Gasteiger partial charge in [-0.1, -0.05) is 78.0 Å². The number of para-hydroxylation sites is 1. The fourth-order valence-corrected chi connectivity index (χ4v) is 7.77. The first kappa shape index (κ1) is 29.1. The lowest BCUT2D eigenvalue weighted by Gasteiger charge is -2.37. The van der Waals surface area contributed by atoms with Crippen LogP contribution in [0, 0.1) is 11.8 Å². The number of hydrogen-bond donors (Lipinski definition) is 3. The van der Waals surface area contributed by atoms with Gasteiger partial charge in [0.2, 0.25) is 17.7 Å². The first-order chi connectivity index (χ1) is 21.8. The molecule has 0 aliphatic carbocycles. The van der Waals surface area contributed by atoms with Crippen LogP contribution in [-0.2, 0) is 38.8 Å². The van der Waals surface area contributed by atoms with Gasteiger partial charge in [-0.05, 0) is 49.4 Å². The second-order valence-corrected chi connectivity index (χ2v) is 12.5. The molecule has 3 aliphatic heterocycles. The number of nitrogens with one attached hydrogen (secondary N) is 2. The van der Waals surface area contributed by atoms with E-state index in [2.05, 4.69) is 20.9 Å². The van der Waals surface area contributed by atoms with E-state index in [1.54, 1.807) is 4.68 Å². The molecule has 7 rings (SSSR count). The number of fused-ring (bicyclic) bond motifs is 2. The van der Waals surface area contributed by atoms with Gasteiger partial charge in [-0.2, -0.15) is 0 Å². The first-order valence-electron chi connectivity index (χ1n) is 15.4. The van der Waals surface area contributed by atoms with Crippen LogP contribution in [0.4, 0.5) is 0 Å². The molecule has 3 N–H and O–H groups in total. The lowest BCUT2D eigenvalue weighted by Crippen LogP contribution is -2.58. The SMILES string of the molecule is C[C@]12CCC3(O1)C(C(=O)NCn1nnc4ccccc41)N([C@@H](CO)Cc1ccccc1)C(=O)[C@@H]3[C@H]2C(=O)NCc1ccccc1. The van der Waals surface area contributed by atoms with Crippen molar-refractivity contribution in [3.8, 4) is 0 Å². The molecule has 11 nitrogen and oxygen atoms in total. The van der Waals surface area contributed by atoms with Crippen LogP contribution in [0.25, 0.3) is 11.0 Å². The zero-order chi connectivity index (χ0) is 31.2. The minimum Gasteiger partial charge on any atom is -0.394 e. The summed E-state index contributed by atoms with van der Waals surface area (Å²) in [6.07, 6.45) is 1.30. The number of aliphatic hydroxyl groups excluding tert-OH is 1. The number of nitrogens with zero attached hydrogens (tertiary/aromatic N) is 4. The van der Waals surface area contributed by atoms with Gasteiger partial charge in [-0.25, -0.2) is 4.68 Å². The summed E-state index contributed by atoms with van der Waals surface area (Å²) in [6, 6.07) is 24.8. The molecule has 1 spiro atoms. The number of carbonyl (C=O) groups excluding carboxylic acids is 3. The smallest absolute Gasteiger partial charge is 0.247 e. The van der Waals surface area contributed by atoms with Gasteiger partial charge in [0.1, 0.15) is 23.8 Å². The second-order valence-electron chi connectivity index (χ2n) is 12.5. The molecule has 2 bridgehead atoms. The van der Waals surface area contributed by atoms with Gasteiger partial charge >= 0.3 is 0 Å². The van der Waals surface area contributed by atoms with Crippen molar-refractivity contribution in [2.24, 2.45) is 11.8 Å². The Hall–Kier alpha value is -4.61. The predicted octanol–water partition coefficient (Wildman–Crippen LogP) is 2.19. The Kier molecular flexibility index (Phi) is 7.37. The Morgan fingerprint density at radius 2 is 1.64 bits per heavy atom. The van der Waals surface area contributed by atoms with Crippen molar-refractivity contribution >= 4 is 28.8 Å². The maximum Gasteiger partial charge on any atom is 0.247 e. The van der Waals surface area contributed by atoms with E-state index in [1.165, 1.54) is 4.90 Å². The summed E-state index contributed by atoms with van der Waals surface area (Å²) in [7, 11) is 0. The van der Waals surface area contributed by atoms with E-state index in [1.807, 2.05) is 91.9 Å². The van der Waals surface area contributed by atoms with Gasteiger partial charge in [0.05, 0.1) is 35.6 Å². The summed E-state index contributed by atoms with van der Waals surface area (Å²) in [4.78, 5) is 44.2. The van der Waals surface area contributed by atoms with Crippen molar-refractivity contribution in [3.05, 3.63) is 96.1 Å². The average molecular weight is 609 g/mol. The van der Waals surface area contributed by atoms with Gasteiger partial charge in [0.15, 0.2) is 0 Å². The number of ether oxygens (including phenoxy) is 1. The molecule has 3 aromatic carbocycles. The predicted molar refractivity (Wildman–Crippen MR) is 164 cm³/mol. The normalized spacial score (nSPS) is 27.5. The van der Waals surface area contributed by atoms with Crippen molar-refractivity contribution in [2.75, 3.05) is 6.61 Å². The topological polar surface area (TPSA) is 139 Å². The highest BCUT2D eigenvalue weighted by Crippen LogP contribution is 2.63. The molecule has 6 atom stereocenters. The molecule has 3 aliphatic rings. The van der Waals surface area contributed by atoms with Crippen molar-refractivity contribution in [2.45, 2.75) is 62.7 Å². The molecule has 4 aromatic rings. The monoisotopic (exact) mass is 608 g/mol. The van der Waals surface area contributed by atoms with Crippen LogP contribution >= 0.6 is 0 Å². The van der Waals surface area contributed by atoms with Crippen LogP contribution in [0.1, 0.15) is 30.9 Å². The highest BCUT2D eigenvalue weighted by Gasteiger charge is 2.78. The van der Waals surface area contributed by atoms with Crippen LogP contribution in [0.3, 0.4) is 0 Å². The Bertz CT molecular complexity index is 1730. The van der Waals surface area contributed by atoms with E-state index >= 15 is 0 Å². The van der Waals surface area contributed by atoms with E-state index in [-0.39, 0.29) is 25.1 Å². The molecular formula is C34H36N6O5. The molecule has 45 heavy (non-hydrogen) atoms. The molecule has 1 aromatic heterocycles. The quantitative estimate of drug-likeness (QED) is 0.251. The maximum atomic E-state index is 14.6. The van der Waals surface area contributed by atoms with Crippen molar-refractivity contribution in [1.82, 2.24) is 30.5 Å². The van der Waals surface area contributed by atoms with Gasteiger partial charge < -0.3 is 25.4 Å². The summed E-state index contributed by atoms with van der Waals surface area (Å²) >= 11 is 0. The number of likely N-dealkylation sites (tertiary alicyclic amines) is 1. The molecule has 3 saturated heterocycles. The van der Waals surface area contributed by atoms with E-state index in [4.69, 9.17) is 4.74 Å². The summed E-state index contributed by atoms with van der Waals surface area (Å²) in [5, 5.41) is 25.0. The number of benzene rings is 3. The first-order valence-corrected chi connectivity index (χ1v) is 15.4. The van der Waals surface area contributed by atoms with Gasteiger partial charge in [-0.15, -0.1) is 5.10 Å².